The van der Waals surface area contributed by atoms with E-state index >= 15 is 0 Å². The molecule has 1 aliphatic rings. The van der Waals surface area contributed by atoms with Crippen molar-refractivity contribution in [3.8, 4) is 11.5 Å². The molecule has 0 atom stereocenters. The molecular formula is C14H16N2O2. The number of ether oxygens (including phenoxy) is 2. The molecule has 0 fully saturated rings. The second-order valence-corrected chi connectivity index (χ2v) is 4.36. The molecule has 0 bridgehead atoms. The Morgan fingerprint density at radius 3 is 2.94 bits per heavy atom. The zero-order valence-electron chi connectivity index (χ0n) is 10.4. The Kier molecular flexibility index (Phi) is 2.92. The fraction of sp³-hybridized carbons (Fsp3) is 0.357. The predicted molar refractivity (Wildman–Crippen MR) is 71.3 cm³/mol. The molecule has 1 aromatic heterocycles. The molecule has 94 valence electrons. The van der Waals surface area contributed by atoms with Crippen molar-refractivity contribution in [3.63, 3.8) is 0 Å². The molecule has 18 heavy (non-hydrogen) atoms. The van der Waals surface area contributed by atoms with Crippen molar-refractivity contribution >= 4 is 16.6 Å². The van der Waals surface area contributed by atoms with Crippen LogP contribution in [0.2, 0.25) is 0 Å². The van der Waals surface area contributed by atoms with Crippen LogP contribution in [0, 0.1) is 0 Å². The molecule has 0 saturated carbocycles. The number of anilines is 1. The first-order valence-electron chi connectivity index (χ1n) is 6.30. The summed E-state index contributed by atoms with van der Waals surface area (Å²) < 4.78 is 10.8. The maximum Gasteiger partial charge on any atom is 0.231 e. The van der Waals surface area contributed by atoms with Crippen LogP contribution in [0.5, 0.6) is 11.5 Å². The molecular weight excluding hydrogens is 228 g/mol. The van der Waals surface area contributed by atoms with Crippen LogP contribution in [0.15, 0.2) is 24.4 Å². The summed E-state index contributed by atoms with van der Waals surface area (Å²) >= 11 is 0. The molecule has 2 aromatic rings. The van der Waals surface area contributed by atoms with Crippen molar-refractivity contribution in [1.29, 1.82) is 0 Å². The standard InChI is InChI=1S/C14H16N2O2/c1-2-3-5-15-11-4-6-16-12-8-14-13(7-10(11)12)17-9-18-14/h4,6-8H,2-3,5,9H2,1H3,(H,15,16). The Bertz CT molecular complexity index is 569. The fourth-order valence-corrected chi connectivity index (χ4v) is 2.09. The van der Waals surface area contributed by atoms with Crippen LogP contribution < -0.4 is 14.8 Å². The van der Waals surface area contributed by atoms with Gasteiger partial charge in [-0.2, -0.15) is 0 Å². The fourth-order valence-electron chi connectivity index (χ4n) is 2.09. The minimum atomic E-state index is 0.296. The van der Waals surface area contributed by atoms with E-state index < -0.39 is 0 Å². The molecule has 0 saturated heterocycles. The van der Waals surface area contributed by atoms with Gasteiger partial charge in [-0.25, -0.2) is 0 Å². The maximum absolute atomic E-state index is 5.41. The van der Waals surface area contributed by atoms with Crippen LogP contribution in [0.1, 0.15) is 19.8 Å². The molecule has 1 aliphatic heterocycles. The van der Waals surface area contributed by atoms with Crippen LogP contribution in [-0.4, -0.2) is 18.3 Å². The molecule has 0 spiro atoms. The number of pyridine rings is 1. The van der Waals surface area contributed by atoms with E-state index in [4.69, 9.17) is 9.47 Å². The first-order chi connectivity index (χ1) is 8.88. The molecule has 3 rings (SSSR count). The first-order valence-corrected chi connectivity index (χ1v) is 6.30. The van der Waals surface area contributed by atoms with Crippen molar-refractivity contribution in [2.75, 3.05) is 18.7 Å². The van der Waals surface area contributed by atoms with Gasteiger partial charge in [0.1, 0.15) is 0 Å². The lowest BCUT2D eigenvalue weighted by Crippen LogP contribution is -2.01. The van der Waals surface area contributed by atoms with Gasteiger partial charge in [0.2, 0.25) is 6.79 Å². The minimum Gasteiger partial charge on any atom is -0.454 e. The largest absolute Gasteiger partial charge is 0.454 e. The summed E-state index contributed by atoms with van der Waals surface area (Å²) in [6.45, 7) is 3.46. The van der Waals surface area contributed by atoms with Gasteiger partial charge in [-0.1, -0.05) is 13.3 Å². The van der Waals surface area contributed by atoms with E-state index in [0.29, 0.717) is 6.79 Å². The number of benzene rings is 1. The lowest BCUT2D eigenvalue weighted by atomic mass is 10.1. The van der Waals surface area contributed by atoms with E-state index in [-0.39, 0.29) is 0 Å². The Morgan fingerprint density at radius 2 is 2.11 bits per heavy atom. The number of aromatic nitrogens is 1. The third-order valence-electron chi connectivity index (χ3n) is 3.08. The third-order valence-corrected chi connectivity index (χ3v) is 3.08. The monoisotopic (exact) mass is 244 g/mol. The second-order valence-electron chi connectivity index (χ2n) is 4.36. The molecule has 2 heterocycles. The molecule has 4 heteroatoms. The van der Waals surface area contributed by atoms with Gasteiger partial charge < -0.3 is 14.8 Å². The van der Waals surface area contributed by atoms with E-state index in [9.17, 15) is 0 Å². The van der Waals surface area contributed by atoms with Crippen molar-refractivity contribution in [2.45, 2.75) is 19.8 Å². The van der Waals surface area contributed by atoms with Crippen molar-refractivity contribution in [2.24, 2.45) is 0 Å². The number of rotatable bonds is 4. The van der Waals surface area contributed by atoms with Gasteiger partial charge in [0.15, 0.2) is 11.5 Å². The van der Waals surface area contributed by atoms with Crippen molar-refractivity contribution in [1.82, 2.24) is 4.98 Å². The lowest BCUT2D eigenvalue weighted by Gasteiger charge is -2.09. The van der Waals surface area contributed by atoms with E-state index in [1.807, 2.05) is 24.4 Å². The Hall–Kier alpha value is -1.97. The number of nitrogens with zero attached hydrogens (tertiary/aromatic N) is 1. The van der Waals surface area contributed by atoms with Crippen LogP contribution in [0.3, 0.4) is 0 Å². The second kappa shape index (κ2) is 4.72. The van der Waals surface area contributed by atoms with Crippen LogP contribution in [0.4, 0.5) is 5.69 Å². The number of hydrogen-bond acceptors (Lipinski definition) is 4. The number of nitrogens with one attached hydrogen (secondary N) is 1. The topological polar surface area (TPSA) is 43.4 Å². The highest BCUT2D eigenvalue weighted by Crippen LogP contribution is 2.37. The van der Waals surface area contributed by atoms with Crippen LogP contribution in [-0.2, 0) is 0 Å². The van der Waals surface area contributed by atoms with E-state index in [1.165, 1.54) is 6.42 Å². The van der Waals surface area contributed by atoms with Gasteiger partial charge >= 0.3 is 0 Å². The van der Waals surface area contributed by atoms with Crippen molar-refractivity contribution < 1.29 is 9.47 Å². The highest BCUT2D eigenvalue weighted by atomic mass is 16.7. The molecule has 0 amide bonds. The average molecular weight is 244 g/mol. The Balaban J connectivity index is 1.99. The smallest absolute Gasteiger partial charge is 0.231 e. The summed E-state index contributed by atoms with van der Waals surface area (Å²) in [6.07, 6.45) is 4.16. The van der Waals surface area contributed by atoms with Gasteiger partial charge in [0, 0.05) is 29.9 Å². The first kappa shape index (κ1) is 11.1. The summed E-state index contributed by atoms with van der Waals surface area (Å²) in [5.74, 6) is 1.58. The van der Waals surface area contributed by atoms with E-state index in [1.54, 1.807) is 0 Å². The SMILES string of the molecule is CCCCNc1ccnc2cc3c(cc12)OCO3. The van der Waals surface area contributed by atoms with Crippen LogP contribution in [0.25, 0.3) is 10.9 Å². The lowest BCUT2D eigenvalue weighted by molar-refractivity contribution is 0.174. The van der Waals surface area contributed by atoms with E-state index in [2.05, 4.69) is 17.2 Å². The molecule has 0 unspecified atom stereocenters. The minimum absolute atomic E-state index is 0.296. The summed E-state index contributed by atoms with van der Waals surface area (Å²) in [5, 5.41) is 4.52. The molecule has 0 radical (unpaired) electrons. The van der Waals surface area contributed by atoms with E-state index in [0.717, 1.165) is 41.1 Å². The zero-order valence-corrected chi connectivity index (χ0v) is 10.4. The summed E-state index contributed by atoms with van der Waals surface area (Å²) in [4.78, 5) is 4.37. The number of fused-ring (bicyclic) bond motifs is 2. The molecule has 1 aromatic carbocycles. The molecule has 0 aliphatic carbocycles. The van der Waals surface area contributed by atoms with Gasteiger partial charge in [-0.05, 0) is 18.6 Å². The van der Waals surface area contributed by atoms with Gasteiger partial charge in [0.05, 0.1) is 5.52 Å². The summed E-state index contributed by atoms with van der Waals surface area (Å²) in [7, 11) is 0. The Morgan fingerprint density at radius 1 is 1.28 bits per heavy atom. The van der Waals surface area contributed by atoms with Gasteiger partial charge in [0.25, 0.3) is 0 Å². The van der Waals surface area contributed by atoms with Gasteiger partial charge in [-0.3, -0.25) is 4.98 Å². The molecule has 1 N–H and O–H groups in total. The van der Waals surface area contributed by atoms with Crippen molar-refractivity contribution in [3.05, 3.63) is 24.4 Å². The average Bonchev–Trinajstić information content (AvgIpc) is 2.84. The molecule has 4 nitrogen and oxygen atoms in total. The number of unbranched alkanes of at least 4 members (excludes halogenated alkanes) is 1. The quantitative estimate of drug-likeness (QED) is 0.839. The zero-order chi connectivity index (χ0) is 12.4. The van der Waals surface area contributed by atoms with Gasteiger partial charge in [-0.15, -0.1) is 0 Å². The highest BCUT2D eigenvalue weighted by molar-refractivity contribution is 5.93. The Labute approximate surface area is 106 Å². The normalized spacial score (nSPS) is 12.9. The third kappa shape index (κ3) is 1.94. The summed E-state index contributed by atoms with van der Waals surface area (Å²) in [5.41, 5.74) is 2.03. The highest BCUT2D eigenvalue weighted by Gasteiger charge is 2.15. The van der Waals surface area contributed by atoms with Crippen LogP contribution >= 0.6 is 0 Å². The summed E-state index contributed by atoms with van der Waals surface area (Å²) in [6, 6.07) is 5.93. The number of hydrogen-bond donors (Lipinski definition) is 1. The predicted octanol–water partition coefficient (Wildman–Crippen LogP) is 3.18. The maximum atomic E-state index is 5.41.